The molecule has 0 saturated heterocycles. The van der Waals surface area contributed by atoms with Crippen LogP contribution < -0.4 is 9.47 Å². The third-order valence-corrected chi connectivity index (χ3v) is 4.77. The van der Waals surface area contributed by atoms with Crippen LogP contribution in [0.2, 0.25) is 0 Å². The van der Waals surface area contributed by atoms with Gasteiger partial charge in [0.2, 0.25) is 0 Å². The zero-order chi connectivity index (χ0) is 17.1. The summed E-state index contributed by atoms with van der Waals surface area (Å²) in [6, 6.07) is 10.4. The molecule has 0 N–H and O–H groups in total. The normalized spacial score (nSPS) is 12.8. The van der Waals surface area contributed by atoms with Crippen LogP contribution in [0.3, 0.4) is 0 Å². The second-order valence-electron chi connectivity index (χ2n) is 5.81. The highest BCUT2D eigenvalue weighted by Gasteiger charge is 2.18. The Balaban J connectivity index is 2.02. The van der Waals surface area contributed by atoms with E-state index >= 15 is 0 Å². The second-order valence-corrected chi connectivity index (χ2v) is 6.94. The minimum Gasteiger partial charge on any atom is -0.497 e. The number of benzene rings is 2. The Kier molecular flexibility index (Phi) is 5.11. The van der Waals surface area contributed by atoms with E-state index in [9.17, 15) is 4.39 Å². The Morgan fingerprint density at radius 2 is 1.96 bits per heavy atom. The minimum atomic E-state index is -0.264. The van der Waals surface area contributed by atoms with Crippen LogP contribution in [0, 0.1) is 5.82 Å². The van der Waals surface area contributed by atoms with Gasteiger partial charge in [0.15, 0.2) is 0 Å². The van der Waals surface area contributed by atoms with Gasteiger partial charge in [0.25, 0.3) is 0 Å². The van der Waals surface area contributed by atoms with Crippen molar-refractivity contribution in [2.75, 3.05) is 33.5 Å². The number of hydrogen-bond acceptors (Lipinski definition) is 4. The van der Waals surface area contributed by atoms with Gasteiger partial charge in [0, 0.05) is 34.4 Å². The molecule has 3 nitrogen and oxygen atoms in total. The van der Waals surface area contributed by atoms with E-state index in [1.807, 2.05) is 32.3 Å². The molecule has 0 aromatic heterocycles. The lowest BCUT2D eigenvalue weighted by Crippen LogP contribution is -2.14. The molecule has 0 unspecified atom stereocenters. The van der Waals surface area contributed by atoms with Crippen molar-refractivity contribution >= 4 is 22.7 Å². The SMILES string of the molecule is COc1ccc2c(c1)Oc1ccc(F)cc1C(SCCN(C)C)=C2. The summed E-state index contributed by atoms with van der Waals surface area (Å²) in [6.07, 6.45) is 2.06. The van der Waals surface area contributed by atoms with Gasteiger partial charge in [-0.1, -0.05) is 0 Å². The molecule has 1 heterocycles. The number of hydrogen-bond donors (Lipinski definition) is 0. The molecule has 2 aromatic rings. The predicted octanol–water partition coefficient (Wildman–Crippen LogP) is 4.73. The monoisotopic (exact) mass is 345 g/mol. The summed E-state index contributed by atoms with van der Waals surface area (Å²) in [4.78, 5) is 3.14. The fourth-order valence-electron chi connectivity index (χ4n) is 2.43. The molecule has 0 fully saturated rings. The summed E-state index contributed by atoms with van der Waals surface area (Å²) in [5, 5.41) is 0. The van der Waals surface area contributed by atoms with Gasteiger partial charge in [-0.2, -0.15) is 0 Å². The van der Waals surface area contributed by atoms with Crippen LogP contribution >= 0.6 is 11.8 Å². The largest absolute Gasteiger partial charge is 0.497 e. The molecular weight excluding hydrogens is 325 g/mol. The number of rotatable bonds is 5. The van der Waals surface area contributed by atoms with Gasteiger partial charge in [0.05, 0.1) is 7.11 Å². The van der Waals surface area contributed by atoms with Crippen LogP contribution in [0.25, 0.3) is 11.0 Å². The lowest BCUT2D eigenvalue weighted by molar-refractivity contribution is 0.409. The Morgan fingerprint density at radius 1 is 1.12 bits per heavy atom. The van der Waals surface area contributed by atoms with Crippen LogP contribution in [0.4, 0.5) is 4.39 Å². The molecule has 0 saturated carbocycles. The van der Waals surface area contributed by atoms with Gasteiger partial charge in [-0.3, -0.25) is 0 Å². The van der Waals surface area contributed by atoms with Gasteiger partial charge >= 0.3 is 0 Å². The van der Waals surface area contributed by atoms with Gasteiger partial charge < -0.3 is 14.4 Å². The van der Waals surface area contributed by atoms with Crippen molar-refractivity contribution in [3.63, 3.8) is 0 Å². The molecule has 1 aliphatic rings. The Hall–Kier alpha value is -1.98. The summed E-state index contributed by atoms with van der Waals surface area (Å²) in [5.41, 5.74) is 1.74. The van der Waals surface area contributed by atoms with Crippen molar-refractivity contribution < 1.29 is 13.9 Å². The minimum absolute atomic E-state index is 0.264. The lowest BCUT2D eigenvalue weighted by atomic mass is 10.1. The lowest BCUT2D eigenvalue weighted by Gasteiger charge is -2.13. The quantitative estimate of drug-likeness (QED) is 0.781. The molecule has 0 amide bonds. The molecule has 0 radical (unpaired) electrons. The third-order valence-electron chi connectivity index (χ3n) is 3.73. The molecule has 24 heavy (non-hydrogen) atoms. The first-order valence-corrected chi connectivity index (χ1v) is 8.70. The fraction of sp³-hybridized carbons (Fsp3) is 0.263. The van der Waals surface area contributed by atoms with Crippen LogP contribution in [0.15, 0.2) is 36.4 Å². The van der Waals surface area contributed by atoms with Crippen LogP contribution in [-0.4, -0.2) is 38.4 Å². The molecule has 126 valence electrons. The van der Waals surface area contributed by atoms with Crippen molar-refractivity contribution in [3.05, 3.63) is 53.3 Å². The standard InChI is InChI=1S/C19H20FNO2S/c1-21(2)8-9-24-19-10-13-4-6-15(22-3)12-18(13)23-17-7-5-14(20)11-16(17)19/h4-7,10-12H,8-9H2,1-3H3. The van der Waals surface area contributed by atoms with Gasteiger partial charge in [-0.25, -0.2) is 4.39 Å². The summed E-state index contributed by atoms with van der Waals surface area (Å²) in [5.74, 6) is 2.76. The van der Waals surface area contributed by atoms with Crippen molar-refractivity contribution in [3.8, 4) is 17.2 Å². The van der Waals surface area contributed by atoms with Crippen LogP contribution in [0.5, 0.6) is 17.2 Å². The number of thioether (sulfide) groups is 1. The first-order chi connectivity index (χ1) is 11.6. The number of methoxy groups -OCH3 is 1. The average molecular weight is 345 g/mol. The molecule has 3 rings (SSSR count). The maximum atomic E-state index is 13.8. The van der Waals surface area contributed by atoms with E-state index in [-0.39, 0.29) is 5.82 Å². The van der Waals surface area contributed by atoms with E-state index in [1.54, 1.807) is 24.9 Å². The third kappa shape index (κ3) is 3.74. The van der Waals surface area contributed by atoms with E-state index in [0.29, 0.717) is 11.5 Å². The maximum Gasteiger partial charge on any atom is 0.138 e. The zero-order valence-electron chi connectivity index (χ0n) is 14.0. The summed E-state index contributed by atoms with van der Waals surface area (Å²) < 4.78 is 25.1. The molecular formula is C19H20FNO2S. The zero-order valence-corrected chi connectivity index (χ0v) is 14.8. The highest BCUT2D eigenvalue weighted by molar-refractivity contribution is 8.08. The molecule has 1 aliphatic heterocycles. The molecule has 0 atom stereocenters. The van der Waals surface area contributed by atoms with Crippen molar-refractivity contribution in [2.45, 2.75) is 0 Å². The maximum absolute atomic E-state index is 13.8. The molecule has 5 heteroatoms. The first-order valence-electron chi connectivity index (χ1n) is 7.72. The summed E-state index contributed by atoms with van der Waals surface area (Å²) in [7, 11) is 5.71. The van der Waals surface area contributed by atoms with Gasteiger partial charge in [-0.15, -0.1) is 11.8 Å². The fourth-order valence-corrected chi connectivity index (χ4v) is 3.63. The first kappa shape index (κ1) is 16.9. The molecule has 0 bridgehead atoms. The van der Waals surface area contributed by atoms with Crippen LogP contribution in [0.1, 0.15) is 11.1 Å². The molecule has 0 spiro atoms. The van der Waals surface area contributed by atoms with Gasteiger partial charge in [0.1, 0.15) is 23.1 Å². The van der Waals surface area contributed by atoms with Crippen LogP contribution in [-0.2, 0) is 0 Å². The van der Waals surface area contributed by atoms with E-state index in [1.165, 1.54) is 12.1 Å². The number of nitrogens with zero attached hydrogens (tertiary/aromatic N) is 1. The topological polar surface area (TPSA) is 21.7 Å². The number of halogens is 1. The average Bonchev–Trinajstić information content (AvgIpc) is 2.70. The second kappa shape index (κ2) is 7.28. The Labute approximate surface area is 146 Å². The summed E-state index contributed by atoms with van der Waals surface area (Å²) in [6.45, 7) is 0.947. The highest BCUT2D eigenvalue weighted by atomic mass is 32.2. The van der Waals surface area contributed by atoms with Crippen molar-refractivity contribution in [1.29, 1.82) is 0 Å². The highest BCUT2D eigenvalue weighted by Crippen LogP contribution is 2.43. The summed E-state index contributed by atoms with van der Waals surface area (Å²) >= 11 is 1.71. The Bertz CT molecular complexity index is 774. The number of fused-ring (bicyclic) bond motifs is 2. The van der Waals surface area contributed by atoms with E-state index < -0.39 is 0 Å². The smallest absolute Gasteiger partial charge is 0.138 e. The van der Waals surface area contributed by atoms with Crippen molar-refractivity contribution in [2.24, 2.45) is 0 Å². The molecule has 0 aliphatic carbocycles. The van der Waals surface area contributed by atoms with Crippen molar-refractivity contribution in [1.82, 2.24) is 4.90 Å². The van der Waals surface area contributed by atoms with E-state index in [0.717, 1.165) is 34.1 Å². The van der Waals surface area contributed by atoms with E-state index in [2.05, 4.69) is 11.0 Å². The number of ether oxygens (including phenoxy) is 2. The molecule has 2 aromatic carbocycles. The van der Waals surface area contributed by atoms with E-state index in [4.69, 9.17) is 9.47 Å². The predicted molar refractivity (Wildman–Crippen MR) is 98.4 cm³/mol. The van der Waals surface area contributed by atoms with Gasteiger partial charge in [-0.05, 0) is 50.5 Å². The Morgan fingerprint density at radius 3 is 2.71 bits per heavy atom.